The summed E-state index contributed by atoms with van der Waals surface area (Å²) in [6, 6.07) is 2.38. The van der Waals surface area contributed by atoms with Crippen molar-refractivity contribution in [3.8, 4) is 0 Å². The van der Waals surface area contributed by atoms with Crippen LogP contribution in [0.15, 0.2) is 29.2 Å². The SMILES string of the molecule is CC(C)C[C@@H](N)C(=O)N1C[C@H]2C[C@@H]1CN2S(=O)(=O)c1cccc(C(F)(F)F)c1. The van der Waals surface area contributed by atoms with Crippen molar-refractivity contribution in [2.75, 3.05) is 13.1 Å². The maximum Gasteiger partial charge on any atom is 0.416 e. The van der Waals surface area contributed by atoms with E-state index in [1.807, 2.05) is 13.8 Å². The highest BCUT2D eigenvalue weighted by Crippen LogP contribution is 2.37. The van der Waals surface area contributed by atoms with E-state index in [0.717, 1.165) is 18.2 Å². The molecular formula is C18H24F3N3O3S. The summed E-state index contributed by atoms with van der Waals surface area (Å²) >= 11 is 0. The van der Waals surface area contributed by atoms with E-state index in [2.05, 4.69) is 0 Å². The van der Waals surface area contributed by atoms with Crippen molar-refractivity contribution in [2.24, 2.45) is 11.7 Å². The van der Waals surface area contributed by atoms with Gasteiger partial charge in [-0.3, -0.25) is 4.79 Å². The summed E-state index contributed by atoms with van der Waals surface area (Å²) in [6.07, 6.45) is -3.61. The van der Waals surface area contributed by atoms with Crippen LogP contribution in [0.25, 0.3) is 0 Å². The summed E-state index contributed by atoms with van der Waals surface area (Å²) in [4.78, 5) is 13.8. The van der Waals surface area contributed by atoms with Crippen LogP contribution in [-0.2, 0) is 21.0 Å². The Morgan fingerprint density at radius 3 is 2.46 bits per heavy atom. The van der Waals surface area contributed by atoms with E-state index >= 15 is 0 Å². The van der Waals surface area contributed by atoms with Crippen LogP contribution in [0.5, 0.6) is 0 Å². The Morgan fingerprint density at radius 2 is 1.93 bits per heavy atom. The molecule has 3 atom stereocenters. The molecule has 1 amide bonds. The van der Waals surface area contributed by atoms with Crippen molar-refractivity contribution >= 4 is 15.9 Å². The Morgan fingerprint density at radius 1 is 1.25 bits per heavy atom. The first-order chi connectivity index (χ1) is 12.9. The topological polar surface area (TPSA) is 83.7 Å². The van der Waals surface area contributed by atoms with Crippen molar-refractivity contribution in [3.63, 3.8) is 0 Å². The summed E-state index contributed by atoms with van der Waals surface area (Å²) in [7, 11) is -4.08. The molecule has 28 heavy (non-hydrogen) atoms. The first-order valence-electron chi connectivity index (χ1n) is 9.16. The lowest BCUT2D eigenvalue weighted by atomic mass is 10.0. The summed E-state index contributed by atoms with van der Waals surface area (Å²) in [5.41, 5.74) is 4.96. The molecule has 2 fully saturated rings. The molecule has 0 saturated carbocycles. The predicted molar refractivity (Wildman–Crippen MR) is 96.7 cm³/mol. The number of rotatable bonds is 5. The number of fused-ring (bicyclic) bond motifs is 2. The van der Waals surface area contributed by atoms with Gasteiger partial charge in [0.25, 0.3) is 0 Å². The number of nitrogens with two attached hydrogens (primary N) is 1. The van der Waals surface area contributed by atoms with Gasteiger partial charge < -0.3 is 10.6 Å². The maximum absolute atomic E-state index is 12.9. The minimum absolute atomic E-state index is 0.0728. The van der Waals surface area contributed by atoms with Gasteiger partial charge in [0.05, 0.1) is 16.5 Å². The third-order valence-corrected chi connectivity index (χ3v) is 7.20. The second-order valence-corrected chi connectivity index (χ2v) is 9.76. The number of likely N-dealkylation sites (tertiary alicyclic amines) is 1. The van der Waals surface area contributed by atoms with E-state index in [-0.39, 0.29) is 35.9 Å². The van der Waals surface area contributed by atoms with Gasteiger partial charge in [0, 0.05) is 25.2 Å². The summed E-state index contributed by atoms with van der Waals surface area (Å²) in [5, 5.41) is 0. The number of hydrogen-bond acceptors (Lipinski definition) is 4. The van der Waals surface area contributed by atoms with E-state index < -0.39 is 33.8 Å². The summed E-state index contributed by atoms with van der Waals surface area (Å²) < 4.78 is 65.8. The Labute approximate surface area is 162 Å². The van der Waals surface area contributed by atoms with Gasteiger partial charge in [-0.2, -0.15) is 17.5 Å². The van der Waals surface area contributed by atoms with Crippen LogP contribution < -0.4 is 5.73 Å². The number of hydrogen-bond donors (Lipinski definition) is 1. The van der Waals surface area contributed by atoms with Gasteiger partial charge in [0.2, 0.25) is 15.9 Å². The average molecular weight is 419 g/mol. The molecule has 2 bridgehead atoms. The fourth-order valence-corrected chi connectivity index (χ4v) is 5.70. The largest absolute Gasteiger partial charge is 0.416 e. The first-order valence-corrected chi connectivity index (χ1v) is 10.6. The predicted octanol–water partition coefficient (Wildman–Crippen LogP) is 2.05. The number of carbonyl (C=O) groups excluding carboxylic acids is 1. The van der Waals surface area contributed by atoms with Gasteiger partial charge in [-0.1, -0.05) is 19.9 Å². The highest BCUT2D eigenvalue weighted by molar-refractivity contribution is 7.89. The molecule has 0 aromatic heterocycles. The number of carbonyl (C=O) groups is 1. The Bertz CT molecular complexity index is 857. The zero-order valence-corrected chi connectivity index (χ0v) is 16.5. The lowest BCUT2D eigenvalue weighted by molar-refractivity contribution is -0.138. The summed E-state index contributed by atoms with van der Waals surface area (Å²) in [6.45, 7) is 4.22. The molecule has 2 aliphatic rings. The Hall–Kier alpha value is -1.65. The van der Waals surface area contributed by atoms with E-state index in [1.165, 1.54) is 4.31 Å². The van der Waals surface area contributed by atoms with Gasteiger partial charge in [0.15, 0.2) is 0 Å². The average Bonchev–Trinajstić information content (AvgIpc) is 3.21. The molecule has 156 valence electrons. The fourth-order valence-electron chi connectivity index (χ4n) is 3.98. The van der Waals surface area contributed by atoms with Crippen molar-refractivity contribution in [1.82, 2.24) is 9.21 Å². The molecular weight excluding hydrogens is 395 g/mol. The van der Waals surface area contributed by atoms with Gasteiger partial charge in [0.1, 0.15) is 0 Å². The van der Waals surface area contributed by atoms with Crippen LogP contribution in [0.4, 0.5) is 13.2 Å². The number of piperazine rings is 1. The van der Waals surface area contributed by atoms with E-state index in [4.69, 9.17) is 5.73 Å². The third-order valence-electron chi connectivity index (χ3n) is 5.28. The molecule has 2 saturated heterocycles. The van der Waals surface area contributed by atoms with Crippen molar-refractivity contribution in [2.45, 2.75) is 55.9 Å². The third kappa shape index (κ3) is 3.90. The molecule has 0 radical (unpaired) electrons. The van der Waals surface area contributed by atoms with Crippen LogP contribution in [-0.4, -0.2) is 54.7 Å². The van der Waals surface area contributed by atoms with Crippen LogP contribution >= 0.6 is 0 Å². The van der Waals surface area contributed by atoms with Crippen LogP contribution in [0, 0.1) is 5.92 Å². The molecule has 2 N–H and O–H groups in total. The lowest BCUT2D eigenvalue weighted by Gasteiger charge is -2.35. The number of sulfonamides is 1. The van der Waals surface area contributed by atoms with Crippen LogP contribution in [0.2, 0.25) is 0 Å². The maximum atomic E-state index is 12.9. The smallest absolute Gasteiger partial charge is 0.335 e. The molecule has 2 aliphatic heterocycles. The van der Waals surface area contributed by atoms with Crippen molar-refractivity contribution < 1.29 is 26.4 Å². The second kappa shape index (κ2) is 7.31. The lowest BCUT2D eigenvalue weighted by Crippen LogP contribution is -2.54. The number of alkyl halides is 3. The van der Waals surface area contributed by atoms with Crippen molar-refractivity contribution in [1.29, 1.82) is 0 Å². The van der Waals surface area contributed by atoms with Gasteiger partial charge in [-0.15, -0.1) is 0 Å². The molecule has 6 nitrogen and oxygen atoms in total. The highest BCUT2D eigenvalue weighted by Gasteiger charge is 2.50. The molecule has 10 heteroatoms. The fraction of sp³-hybridized carbons (Fsp3) is 0.611. The van der Waals surface area contributed by atoms with Crippen LogP contribution in [0.3, 0.4) is 0 Å². The normalized spacial score (nSPS) is 24.2. The molecule has 3 rings (SSSR count). The Kier molecular flexibility index (Phi) is 5.50. The monoisotopic (exact) mass is 419 g/mol. The van der Waals surface area contributed by atoms with E-state index in [9.17, 15) is 26.4 Å². The number of halogens is 3. The number of nitrogens with zero attached hydrogens (tertiary/aromatic N) is 2. The minimum Gasteiger partial charge on any atom is -0.335 e. The molecule has 1 aromatic carbocycles. The Balaban J connectivity index is 1.76. The molecule has 2 heterocycles. The van der Waals surface area contributed by atoms with Crippen molar-refractivity contribution in [3.05, 3.63) is 29.8 Å². The first kappa shape index (κ1) is 21.1. The van der Waals surface area contributed by atoms with Gasteiger partial charge >= 0.3 is 6.18 Å². The zero-order valence-electron chi connectivity index (χ0n) is 15.7. The molecule has 0 spiro atoms. The molecule has 0 unspecified atom stereocenters. The van der Waals surface area contributed by atoms with E-state index in [1.54, 1.807) is 4.90 Å². The number of benzene rings is 1. The van der Waals surface area contributed by atoms with E-state index in [0.29, 0.717) is 18.9 Å². The zero-order chi connectivity index (χ0) is 20.9. The van der Waals surface area contributed by atoms with Gasteiger partial charge in [-0.25, -0.2) is 8.42 Å². The summed E-state index contributed by atoms with van der Waals surface area (Å²) in [5.74, 6) is 0.0637. The van der Waals surface area contributed by atoms with Gasteiger partial charge in [-0.05, 0) is 37.0 Å². The minimum atomic E-state index is -4.62. The van der Waals surface area contributed by atoms with Crippen LogP contribution in [0.1, 0.15) is 32.3 Å². The second-order valence-electron chi connectivity index (χ2n) is 7.87. The quantitative estimate of drug-likeness (QED) is 0.792. The number of amides is 1. The molecule has 0 aliphatic carbocycles. The molecule has 1 aromatic rings. The highest BCUT2D eigenvalue weighted by atomic mass is 32.2. The standard InChI is InChI=1S/C18H24F3N3O3S/c1-11(2)6-16(22)17(25)23-9-14-8-13(23)10-24(14)28(26,27)15-5-3-4-12(7-15)18(19,20)21/h3-5,7,11,13-14,16H,6,8-10,22H2,1-2H3/t13-,14-,16-/m1/s1.